The number of unbranched alkanes of at least 4 members (excludes halogenated alkanes) is 23. The smallest absolute Gasteiger partial charge is 0.306 e. The van der Waals surface area contributed by atoms with Crippen molar-refractivity contribution in [1.29, 1.82) is 0 Å². The summed E-state index contributed by atoms with van der Waals surface area (Å²) >= 11 is 0. The van der Waals surface area contributed by atoms with E-state index >= 15 is 0 Å². The number of carbonyl (C=O) groups is 2. The fourth-order valence-electron chi connectivity index (χ4n) is 7.98. The van der Waals surface area contributed by atoms with Crippen molar-refractivity contribution in [2.75, 3.05) is 13.2 Å². The van der Waals surface area contributed by atoms with Gasteiger partial charge in [0, 0.05) is 12.8 Å². The Morgan fingerprint density at radius 3 is 1.19 bits per heavy atom. The van der Waals surface area contributed by atoms with Crippen LogP contribution in [0, 0.1) is 0 Å². The molecule has 1 atom stereocenters. The molecule has 5 nitrogen and oxygen atoms in total. The molecule has 0 aliphatic heterocycles. The van der Waals surface area contributed by atoms with Gasteiger partial charge in [-0.1, -0.05) is 196 Å². The molecule has 0 radical (unpaired) electrons. The normalized spacial score (nSPS) is 12.8. The summed E-state index contributed by atoms with van der Waals surface area (Å²) in [4.78, 5) is 25.6. The molecular formula is C46H90O5Si. The van der Waals surface area contributed by atoms with Crippen molar-refractivity contribution in [2.45, 2.75) is 258 Å². The van der Waals surface area contributed by atoms with Gasteiger partial charge in [0.05, 0.1) is 6.61 Å². The van der Waals surface area contributed by atoms with Gasteiger partial charge in [0.1, 0.15) is 6.61 Å². The third kappa shape index (κ3) is 27.4. The average Bonchev–Trinajstić information content (AvgIpc) is 3.10. The van der Waals surface area contributed by atoms with Crippen LogP contribution in [-0.4, -0.2) is 39.6 Å². The molecule has 0 aliphatic carbocycles. The van der Waals surface area contributed by atoms with Crippen molar-refractivity contribution in [3.63, 3.8) is 0 Å². The summed E-state index contributed by atoms with van der Waals surface area (Å²) < 4.78 is 18.4. The number of rotatable bonds is 38. The van der Waals surface area contributed by atoms with Gasteiger partial charge < -0.3 is 13.9 Å². The molecule has 0 saturated heterocycles. The van der Waals surface area contributed by atoms with E-state index < -0.39 is 14.4 Å². The van der Waals surface area contributed by atoms with E-state index in [0.29, 0.717) is 36.1 Å². The second-order valence-electron chi connectivity index (χ2n) is 16.8. The topological polar surface area (TPSA) is 61.8 Å². The molecule has 0 aromatic rings. The Labute approximate surface area is 326 Å². The Kier molecular flexibility index (Phi) is 34.8. The van der Waals surface area contributed by atoms with Crippen LogP contribution < -0.4 is 0 Å². The van der Waals surface area contributed by atoms with E-state index in [4.69, 9.17) is 13.9 Å². The average molecular weight is 751 g/mol. The first-order chi connectivity index (χ1) is 25.1. The molecule has 0 aromatic carbocycles. The van der Waals surface area contributed by atoms with Crippen LogP contribution in [-0.2, 0) is 23.5 Å². The van der Waals surface area contributed by atoms with Crippen LogP contribution in [0.15, 0.2) is 12.2 Å². The van der Waals surface area contributed by atoms with Crippen LogP contribution in [0.4, 0.5) is 0 Å². The Hall–Kier alpha value is -1.14. The molecule has 0 aromatic heterocycles. The molecule has 0 heterocycles. The van der Waals surface area contributed by atoms with Crippen LogP contribution in [0.2, 0.25) is 16.6 Å². The van der Waals surface area contributed by atoms with Gasteiger partial charge in [-0.05, 0) is 55.1 Å². The SMILES string of the molecule is CCCCCCCC/C=C\CCCCCCCC(=O)OC(COC(=O)CCCCCCCCCCCCCCC)CO[Si](C(C)C)(C(C)C)C(C)C. The van der Waals surface area contributed by atoms with E-state index in [-0.39, 0.29) is 18.5 Å². The Bertz CT molecular complexity index is 817. The maximum atomic E-state index is 13.0. The Balaban J connectivity index is 4.52. The predicted molar refractivity (Wildman–Crippen MR) is 228 cm³/mol. The van der Waals surface area contributed by atoms with Gasteiger partial charge >= 0.3 is 11.9 Å². The maximum absolute atomic E-state index is 13.0. The molecule has 6 heteroatoms. The first kappa shape index (κ1) is 50.9. The first-order valence-corrected chi connectivity index (χ1v) is 24.9. The molecule has 0 spiro atoms. The summed E-state index contributed by atoms with van der Waals surface area (Å²) in [5.41, 5.74) is 1.29. The molecule has 0 bridgehead atoms. The highest BCUT2D eigenvalue weighted by Crippen LogP contribution is 2.42. The van der Waals surface area contributed by atoms with Crippen molar-refractivity contribution in [2.24, 2.45) is 0 Å². The van der Waals surface area contributed by atoms with E-state index in [0.717, 1.165) is 38.5 Å². The van der Waals surface area contributed by atoms with Crippen molar-refractivity contribution in [3.05, 3.63) is 12.2 Å². The summed E-state index contributed by atoms with van der Waals surface area (Å²) in [6.07, 6.45) is 37.6. The molecular weight excluding hydrogens is 661 g/mol. The monoisotopic (exact) mass is 751 g/mol. The highest BCUT2D eigenvalue weighted by Gasteiger charge is 2.45. The first-order valence-electron chi connectivity index (χ1n) is 22.8. The van der Waals surface area contributed by atoms with Crippen LogP contribution in [0.5, 0.6) is 0 Å². The summed E-state index contributed by atoms with van der Waals surface area (Å²) in [6.45, 7) is 18.5. The van der Waals surface area contributed by atoms with Crippen molar-refractivity contribution < 1.29 is 23.5 Å². The third-order valence-corrected chi connectivity index (χ3v) is 17.2. The number of allylic oxidation sites excluding steroid dienone is 2. The van der Waals surface area contributed by atoms with E-state index in [2.05, 4.69) is 67.5 Å². The highest BCUT2D eigenvalue weighted by atomic mass is 28.4. The summed E-state index contributed by atoms with van der Waals surface area (Å²) in [6, 6.07) is 0. The molecule has 0 amide bonds. The lowest BCUT2D eigenvalue weighted by Crippen LogP contribution is -2.49. The molecule has 0 fully saturated rings. The van der Waals surface area contributed by atoms with Crippen LogP contribution in [0.3, 0.4) is 0 Å². The molecule has 0 aliphatic rings. The van der Waals surface area contributed by atoms with E-state index in [1.165, 1.54) is 128 Å². The molecule has 1 unspecified atom stereocenters. The maximum Gasteiger partial charge on any atom is 0.306 e. The number of esters is 2. The van der Waals surface area contributed by atoms with E-state index in [9.17, 15) is 9.59 Å². The summed E-state index contributed by atoms with van der Waals surface area (Å²) in [7, 11) is -2.15. The van der Waals surface area contributed by atoms with Gasteiger partial charge in [0.2, 0.25) is 8.32 Å². The second-order valence-corrected chi connectivity index (χ2v) is 22.2. The lowest BCUT2D eigenvalue weighted by atomic mass is 10.0. The van der Waals surface area contributed by atoms with Crippen molar-refractivity contribution in [1.82, 2.24) is 0 Å². The second kappa shape index (κ2) is 35.6. The highest BCUT2D eigenvalue weighted by molar-refractivity contribution is 6.77. The Morgan fingerprint density at radius 2 is 0.808 bits per heavy atom. The van der Waals surface area contributed by atoms with Gasteiger partial charge in [0.25, 0.3) is 0 Å². The van der Waals surface area contributed by atoms with Crippen LogP contribution in [0.1, 0.15) is 235 Å². The van der Waals surface area contributed by atoms with Gasteiger partial charge in [-0.2, -0.15) is 0 Å². The standard InChI is InChI=1S/C46H90O5Si/c1-9-11-13-15-17-19-21-23-24-26-28-30-32-34-36-38-46(48)51-44(40-50-52(41(3)4,42(5)6)43(7)8)39-49-45(47)37-35-33-31-29-27-25-22-20-18-16-14-12-10-2/h23-24,41-44H,9-22,25-40H2,1-8H3/b24-23-. The fraction of sp³-hybridized carbons (Fsp3) is 0.913. The summed E-state index contributed by atoms with van der Waals surface area (Å²) in [5, 5.41) is 0. The van der Waals surface area contributed by atoms with E-state index in [1.54, 1.807) is 0 Å². The zero-order valence-electron chi connectivity index (χ0n) is 36.2. The minimum atomic E-state index is -2.15. The van der Waals surface area contributed by atoms with Crippen LogP contribution in [0.25, 0.3) is 0 Å². The minimum absolute atomic E-state index is 0.0775. The van der Waals surface area contributed by atoms with Gasteiger partial charge in [0.15, 0.2) is 6.10 Å². The molecule has 308 valence electrons. The quantitative estimate of drug-likeness (QED) is 0.0272. The fourth-order valence-corrected chi connectivity index (χ4v) is 13.5. The molecule has 52 heavy (non-hydrogen) atoms. The third-order valence-electron chi connectivity index (χ3n) is 11.1. The van der Waals surface area contributed by atoms with Crippen molar-refractivity contribution >= 4 is 20.3 Å². The number of hydrogen-bond acceptors (Lipinski definition) is 5. The van der Waals surface area contributed by atoms with Gasteiger partial charge in [-0.25, -0.2) is 0 Å². The van der Waals surface area contributed by atoms with E-state index in [1.807, 2.05) is 0 Å². The zero-order valence-corrected chi connectivity index (χ0v) is 37.2. The van der Waals surface area contributed by atoms with Crippen LogP contribution >= 0.6 is 0 Å². The van der Waals surface area contributed by atoms with Gasteiger partial charge in [-0.3, -0.25) is 9.59 Å². The predicted octanol–water partition coefficient (Wildman–Crippen LogP) is 15.2. The van der Waals surface area contributed by atoms with Crippen molar-refractivity contribution in [3.8, 4) is 0 Å². The molecule has 0 rings (SSSR count). The minimum Gasteiger partial charge on any atom is -0.462 e. The molecule has 0 saturated carbocycles. The number of carbonyl (C=O) groups excluding carboxylic acids is 2. The largest absolute Gasteiger partial charge is 0.462 e. The lowest BCUT2D eigenvalue weighted by Gasteiger charge is -2.42. The van der Waals surface area contributed by atoms with Gasteiger partial charge in [-0.15, -0.1) is 0 Å². The zero-order chi connectivity index (χ0) is 38.7. The number of hydrogen-bond donors (Lipinski definition) is 0. The molecule has 0 N–H and O–H groups in total. The lowest BCUT2D eigenvalue weighted by molar-refractivity contribution is -0.161. The Morgan fingerprint density at radius 1 is 0.462 bits per heavy atom. The number of ether oxygens (including phenoxy) is 2. The summed E-state index contributed by atoms with van der Waals surface area (Å²) in [5.74, 6) is -0.397.